The molecule has 1 aliphatic rings. The van der Waals surface area contributed by atoms with Gasteiger partial charge in [-0.05, 0) is 0 Å². The largest absolute Gasteiger partial charge is 0.486 e. The van der Waals surface area contributed by atoms with Gasteiger partial charge in [-0.1, -0.05) is 0 Å². The molecule has 0 saturated carbocycles. The van der Waals surface area contributed by atoms with Gasteiger partial charge in [-0.2, -0.15) is 0 Å². The SMILES string of the molecule is c1nc2cc3c(cc2s1)OCCO3. The Labute approximate surface area is 78.9 Å². The van der Waals surface area contributed by atoms with E-state index in [1.807, 2.05) is 17.6 Å². The van der Waals surface area contributed by atoms with E-state index in [1.165, 1.54) is 0 Å². The van der Waals surface area contributed by atoms with Crippen LogP contribution in [0.3, 0.4) is 0 Å². The van der Waals surface area contributed by atoms with Crippen LogP contribution in [0.4, 0.5) is 0 Å². The first-order valence-corrected chi connectivity index (χ1v) is 4.94. The lowest BCUT2D eigenvalue weighted by atomic mass is 10.3. The molecule has 0 bridgehead atoms. The highest BCUT2D eigenvalue weighted by Crippen LogP contribution is 2.35. The van der Waals surface area contributed by atoms with Crippen LogP contribution < -0.4 is 9.47 Å². The van der Waals surface area contributed by atoms with E-state index in [9.17, 15) is 0 Å². The Morgan fingerprint density at radius 3 is 2.77 bits per heavy atom. The summed E-state index contributed by atoms with van der Waals surface area (Å²) in [6.45, 7) is 1.26. The van der Waals surface area contributed by atoms with Crippen LogP contribution in [0.15, 0.2) is 17.6 Å². The van der Waals surface area contributed by atoms with Gasteiger partial charge in [-0.25, -0.2) is 4.98 Å². The van der Waals surface area contributed by atoms with Crippen molar-refractivity contribution < 1.29 is 9.47 Å². The maximum atomic E-state index is 5.45. The molecular weight excluding hydrogens is 186 g/mol. The molecule has 66 valence electrons. The highest BCUT2D eigenvalue weighted by molar-refractivity contribution is 7.16. The second-order valence-corrected chi connectivity index (χ2v) is 3.70. The molecule has 0 spiro atoms. The number of benzene rings is 1. The summed E-state index contributed by atoms with van der Waals surface area (Å²) >= 11 is 1.61. The molecule has 0 radical (unpaired) electrons. The fraction of sp³-hybridized carbons (Fsp3) is 0.222. The quantitative estimate of drug-likeness (QED) is 0.641. The average Bonchev–Trinajstić information content (AvgIpc) is 2.61. The number of hydrogen-bond acceptors (Lipinski definition) is 4. The molecule has 3 rings (SSSR count). The molecule has 0 N–H and O–H groups in total. The molecular formula is C9H7NO2S. The van der Waals surface area contributed by atoms with E-state index in [-0.39, 0.29) is 0 Å². The zero-order valence-corrected chi connectivity index (χ0v) is 7.63. The van der Waals surface area contributed by atoms with Crippen molar-refractivity contribution in [1.82, 2.24) is 4.98 Å². The van der Waals surface area contributed by atoms with Crippen molar-refractivity contribution in [1.29, 1.82) is 0 Å². The van der Waals surface area contributed by atoms with Gasteiger partial charge < -0.3 is 9.47 Å². The fourth-order valence-corrected chi connectivity index (χ4v) is 2.08. The molecule has 13 heavy (non-hydrogen) atoms. The zero-order valence-electron chi connectivity index (χ0n) is 6.82. The first kappa shape index (κ1) is 7.15. The minimum atomic E-state index is 0.628. The van der Waals surface area contributed by atoms with Crippen molar-refractivity contribution in [3.8, 4) is 11.5 Å². The molecule has 1 aromatic carbocycles. The molecule has 3 nitrogen and oxygen atoms in total. The molecule has 1 aromatic heterocycles. The number of fused-ring (bicyclic) bond motifs is 2. The lowest BCUT2D eigenvalue weighted by molar-refractivity contribution is 0.172. The van der Waals surface area contributed by atoms with Crippen molar-refractivity contribution >= 4 is 21.6 Å². The Hall–Kier alpha value is -1.29. The maximum Gasteiger partial charge on any atom is 0.163 e. The predicted octanol–water partition coefficient (Wildman–Crippen LogP) is 2.07. The smallest absolute Gasteiger partial charge is 0.163 e. The Bertz CT molecular complexity index is 412. The number of ether oxygens (including phenoxy) is 2. The summed E-state index contributed by atoms with van der Waals surface area (Å²) in [5.41, 5.74) is 2.81. The highest BCUT2D eigenvalue weighted by atomic mass is 32.1. The van der Waals surface area contributed by atoms with Gasteiger partial charge in [0.1, 0.15) is 13.2 Å². The molecule has 0 aliphatic carbocycles. The summed E-state index contributed by atoms with van der Waals surface area (Å²) in [4.78, 5) is 4.21. The van der Waals surface area contributed by atoms with Crippen LogP contribution in [0.1, 0.15) is 0 Å². The molecule has 0 amide bonds. The van der Waals surface area contributed by atoms with Crippen molar-refractivity contribution in [3.05, 3.63) is 17.6 Å². The minimum absolute atomic E-state index is 0.628. The summed E-state index contributed by atoms with van der Waals surface area (Å²) in [7, 11) is 0. The van der Waals surface area contributed by atoms with Crippen LogP contribution >= 0.6 is 11.3 Å². The van der Waals surface area contributed by atoms with E-state index in [1.54, 1.807) is 11.3 Å². The van der Waals surface area contributed by atoms with Gasteiger partial charge >= 0.3 is 0 Å². The van der Waals surface area contributed by atoms with Crippen LogP contribution in [0.5, 0.6) is 11.5 Å². The molecule has 0 unspecified atom stereocenters. The van der Waals surface area contributed by atoms with Gasteiger partial charge in [0, 0.05) is 12.1 Å². The molecule has 0 atom stereocenters. The number of nitrogens with zero attached hydrogens (tertiary/aromatic N) is 1. The second kappa shape index (κ2) is 2.60. The van der Waals surface area contributed by atoms with E-state index in [2.05, 4.69) is 4.98 Å². The standard InChI is InChI=1S/C9H7NO2S/c1-2-12-8-4-9-6(10-5-13-9)3-7(8)11-1/h3-5H,1-2H2. The van der Waals surface area contributed by atoms with Gasteiger partial charge in [0.05, 0.1) is 15.7 Å². The monoisotopic (exact) mass is 193 g/mol. The van der Waals surface area contributed by atoms with Gasteiger partial charge in [-0.3, -0.25) is 0 Å². The van der Waals surface area contributed by atoms with Gasteiger partial charge in [0.2, 0.25) is 0 Å². The molecule has 2 heterocycles. The van der Waals surface area contributed by atoms with Crippen LogP contribution in [-0.2, 0) is 0 Å². The van der Waals surface area contributed by atoms with Crippen LogP contribution in [0, 0.1) is 0 Å². The third-order valence-corrected chi connectivity index (χ3v) is 2.79. The maximum absolute atomic E-state index is 5.45. The van der Waals surface area contributed by atoms with Crippen molar-refractivity contribution in [2.45, 2.75) is 0 Å². The molecule has 1 aliphatic heterocycles. The van der Waals surface area contributed by atoms with Crippen LogP contribution in [0.25, 0.3) is 10.2 Å². The van der Waals surface area contributed by atoms with E-state index in [0.29, 0.717) is 13.2 Å². The third kappa shape index (κ3) is 1.06. The first-order chi connectivity index (χ1) is 6.43. The number of hydrogen-bond donors (Lipinski definition) is 0. The van der Waals surface area contributed by atoms with Crippen LogP contribution in [-0.4, -0.2) is 18.2 Å². The van der Waals surface area contributed by atoms with E-state index >= 15 is 0 Å². The minimum Gasteiger partial charge on any atom is -0.486 e. The van der Waals surface area contributed by atoms with E-state index in [4.69, 9.17) is 9.47 Å². The summed E-state index contributed by atoms with van der Waals surface area (Å²) in [5, 5.41) is 0. The molecule has 0 saturated heterocycles. The lowest BCUT2D eigenvalue weighted by Gasteiger charge is -2.17. The third-order valence-electron chi connectivity index (χ3n) is 2.00. The predicted molar refractivity (Wildman–Crippen MR) is 50.6 cm³/mol. The number of aromatic nitrogens is 1. The van der Waals surface area contributed by atoms with E-state index in [0.717, 1.165) is 21.7 Å². The molecule has 4 heteroatoms. The zero-order chi connectivity index (χ0) is 8.67. The Kier molecular flexibility index (Phi) is 1.43. The topological polar surface area (TPSA) is 31.4 Å². The van der Waals surface area contributed by atoms with Crippen molar-refractivity contribution in [3.63, 3.8) is 0 Å². The highest BCUT2D eigenvalue weighted by Gasteiger charge is 2.13. The van der Waals surface area contributed by atoms with Gasteiger partial charge in [0.25, 0.3) is 0 Å². The Morgan fingerprint density at radius 1 is 1.15 bits per heavy atom. The van der Waals surface area contributed by atoms with E-state index < -0.39 is 0 Å². The van der Waals surface area contributed by atoms with Crippen LogP contribution in [0.2, 0.25) is 0 Å². The fourth-order valence-electron chi connectivity index (χ4n) is 1.39. The van der Waals surface area contributed by atoms with Gasteiger partial charge in [0.15, 0.2) is 11.5 Å². The van der Waals surface area contributed by atoms with Crippen molar-refractivity contribution in [2.24, 2.45) is 0 Å². The summed E-state index contributed by atoms with van der Waals surface area (Å²) < 4.78 is 12.0. The van der Waals surface area contributed by atoms with Gasteiger partial charge in [-0.15, -0.1) is 11.3 Å². The Balaban J connectivity index is 2.28. The first-order valence-electron chi connectivity index (χ1n) is 4.06. The molecule has 0 fully saturated rings. The second-order valence-electron chi connectivity index (χ2n) is 2.82. The van der Waals surface area contributed by atoms with Crippen molar-refractivity contribution in [2.75, 3.05) is 13.2 Å². The number of rotatable bonds is 0. The summed E-state index contributed by atoms with van der Waals surface area (Å²) in [6.07, 6.45) is 0. The average molecular weight is 193 g/mol. The lowest BCUT2D eigenvalue weighted by Crippen LogP contribution is -2.15. The normalized spacial score (nSPS) is 14.8. The summed E-state index contributed by atoms with van der Waals surface area (Å²) in [5.74, 6) is 1.65. The molecule has 2 aromatic rings. The summed E-state index contributed by atoms with van der Waals surface area (Å²) in [6, 6.07) is 3.92. The Morgan fingerprint density at radius 2 is 1.92 bits per heavy atom. The number of thiazole rings is 1.